The van der Waals surface area contributed by atoms with Crippen LogP contribution in [-0.2, 0) is 10.2 Å². The van der Waals surface area contributed by atoms with Gasteiger partial charge in [-0.1, -0.05) is 71.1 Å². The number of unbranched alkanes of at least 4 members (excludes halogenated alkanes) is 10. The lowest BCUT2D eigenvalue weighted by Gasteiger charge is -2.15. The summed E-state index contributed by atoms with van der Waals surface area (Å²) in [5, 5.41) is 0. The second kappa shape index (κ2) is 11.2. The van der Waals surface area contributed by atoms with E-state index in [-0.39, 0.29) is 0 Å². The van der Waals surface area contributed by atoms with Crippen LogP contribution in [0.4, 0.5) is 0 Å². The molecule has 0 rings (SSSR count). The smallest absolute Gasteiger partial charge is 0.0313 e. The fourth-order valence-electron chi connectivity index (χ4n) is 2.07. The van der Waals surface area contributed by atoms with Crippen LogP contribution in [0.3, 0.4) is 0 Å². The van der Waals surface area contributed by atoms with Crippen LogP contribution in [-0.4, -0.2) is 20.8 Å². The molecule has 0 saturated heterocycles. The molecule has 0 aliphatic carbocycles. The number of thiol groups is 1. The zero-order valence-electron chi connectivity index (χ0n) is 11.8. The van der Waals surface area contributed by atoms with Crippen LogP contribution in [0.25, 0.3) is 0 Å². The van der Waals surface area contributed by atoms with Crippen molar-refractivity contribution in [1.82, 2.24) is 0 Å². The van der Waals surface area contributed by atoms with Crippen molar-refractivity contribution in [2.45, 2.75) is 77.6 Å². The summed E-state index contributed by atoms with van der Waals surface area (Å²) in [5.41, 5.74) is 0. The topological polar surface area (TPSA) is 37.3 Å². The molecular formula is C14H32O2S. The van der Waals surface area contributed by atoms with Gasteiger partial charge < -0.3 is 4.55 Å². The largest absolute Gasteiger partial charge is 0.305 e. The van der Waals surface area contributed by atoms with E-state index in [0.29, 0.717) is 5.75 Å². The molecule has 0 amide bonds. The molecule has 0 aromatic carbocycles. The van der Waals surface area contributed by atoms with Gasteiger partial charge in [-0.2, -0.15) is 10.2 Å². The van der Waals surface area contributed by atoms with Gasteiger partial charge in [0.15, 0.2) is 0 Å². The summed E-state index contributed by atoms with van der Waals surface area (Å²) in [6.07, 6.45) is 15.6. The molecule has 0 saturated carbocycles. The molecule has 0 bridgehead atoms. The standard InChI is InChI=1S/C14H32O2S/c1-3-4-5-6-7-8-9-10-11-12-13-14-17(2,15)16/h17H,3-14H2,1-2H3,(H,15,16). The Morgan fingerprint density at radius 1 is 0.765 bits per heavy atom. The highest BCUT2D eigenvalue weighted by atomic mass is 32.3. The van der Waals surface area contributed by atoms with Gasteiger partial charge in [-0.05, 0) is 6.42 Å². The van der Waals surface area contributed by atoms with E-state index in [2.05, 4.69) is 6.92 Å². The summed E-state index contributed by atoms with van der Waals surface area (Å²) in [6.45, 7) is 2.25. The monoisotopic (exact) mass is 264 g/mol. The minimum atomic E-state index is -2.74. The summed E-state index contributed by atoms with van der Waals surface area (Å²) >= 11 is 0. The Bertz CT molecular complexity index is 198. The Morgan fingerprint density at radius 3 is 1.47 bits per heavy atom. The lowest BCUT2D eigenvalue weighted by molar-refractivity contribution is 0.534. The summed E-state index contributed by atoms with van der Waals surface area (Å²) in [6, 6.07) is 0. The predicted octanol–water partition coefficient (Wildman–Crippen LogP) is 4.42. The normalized spacial score (nSPS) is 12.9. The van der Waals surface area contributed by atoms with Crippen molar-refractivity contribution >= 4 is 10.2 Å². The van der Waals surface area contributed by atoms with Crippen LogP contribution in [0.5, 0.6) is 0 Å². The third kappa shape index (κ3) is 16.1. The van der Waals surface area contributed by atoms with Crippen molar-refractivity contribution < 1.29 is 8.76 Å². The average Bonchev–Trinajstić information content (AvgIpc) is 2.24. The van der Waals surface area contributed by atoms with E-state index in [1.807, 2.05) is 0 Å². The Balaban J connectivity index is 3.01. The van der Waals surface area contributed by atoms with Crippen LogP contribution < -0.4 is 0 Å². The molecular weight excluding hydrogens is 232 g/mol. The molecule has 0 aliphatic rings. The maximum absolute atomic E-state index is 11.0. The molecule has 0 spiro atoms. The van der Waals surface area contributed by atoms with Gasteiger partial charge in [-0.15, -0.1) is 0 Å². The molecule has 0 fully saturated rings. The highest BCUT2D eigenvalue weighted by molar-refractivity contribution is 7.97. The Labute approximate surface area is 109 Å². The molecule has 0 aliphatic heterocycles. The summed E-state index contributed by atoms with van der Waals surface area (Å²) in [5.74, 6) is 0.504. The minimum Gasteiger partial charge on any atom is -0.305 e. The lowest BCUT2D eigenvalue weighted by atomic mass is 10.1. The lowest BCUT2D eigenvalue weighted by Crippen LogP contribution is -2.12. The average molecular weight is 264 g/mol. The van der Waals surface area contributed by atoms with E-state index < -0.39 is 10.2 Å². The fraction of sp³-hybridized carbons (Fsp3) is 1.00. The second-order valence-corrected chi connectivity index (χ2v) is 7.86. The highest BCUT2D eigenvalue weighted by Crippen LogP contribution is 2.11. The first-order chi connectivity index (χ1) is 8.06. The van der Waals surface area contributed by atoms with Crippen LogP contribution in [0.1, 0.15) is 77.6 Å². The first-order valence-electron chi connectivity index (χ1n) is 7.35. The van der Waals surface area contributed by atoms with Crippen LogP contribution in [0.15, 0.2) is 0 Å². The second-order valence-electron chi connectivity index (χ2n) is 5.31. The molecule has 106 valence electrons. The van der Waals surface area contributed by atoms with E-state index in [9.17, 15) is 4.21 Å². The van der Waals surface area contributed by atoms with E-state index in [1.54, 1.807) is 0 Å². The summed E-state index contributed by atoms with van der Waals surface area (Å²) in [7, 11) is -2.74. The Morgan fingerprint density at radius 2 is 1.12 bits per heavy atom. The molecule has 0 unspecified atom stereocenters. The zero-order chi connectivity index (χ0) is 13.0. The number of rotatable bonds is 12. The van der Waals surface area contributed by atoms with E-state index in [0.717, 1.165) is 12.8 Å². The van der Waals surface area contributed by atoms with Gasteiger partial charge in [0.25, 0.3) is 0 Å². The maximum Gasteiger partial charge on any atom is 0.0313 e. The molecule has 0 aromatic rings. The number of hydrogen-bond donors (Lipinski definition) is 2. The molecule has 0 atom stereocenters. The molecule has 0 heterocycles. The minimum absolute atomic E-state index is 0.504. The van der Waals surface area contributed by atoms with Crippen LogP contribution >= 0.6 is 0 Å². The maximum atomic E-state index is 11.0. The SMILES string of the molecule is CCCCCCCCCCCCC[SH](C)(=O)O. The van der Waals surface area contributed by atoms with Crippen molar-refractivity contribution in [3.8, 4) is 0 Å². The van der Waals surface area contributed by atoms with Crippen molar-refractivity contribution in [1.29, 1.82) is 0 Å². The van der Waals surface area contributed by atoms with Gasteiger partial charge >= 0.3 is 0 Å². The first-order valence-corrected chi connectivity index (χ1v) is 9.65. The van der Waals surface area contributed by atoms with Gasteiger partial charge in [0.2, 0.25) is 0 Å². The molecule has 1 N–H and O–H groups in total. The molecule has 0 radical (unpaired) electrons. The molecule has 3 heteroatoms. The van der Waals surface area contributed by atoms with Crippen molar-refractivity contribution in [3.63, 3.8) is 0 Å². The fourth-order valence-corrected chi connectivity index (χ4v) is 2.88. The van der Waals surface area contributed by atoms with Crippen molar-refractivity contribution in [2.24, 2.45) is 0 Å². The summed E-state index contributed by atoms with van der Waals surface area (Å²) in [4.78, 5) is 0. The predicted molar refractivity (Wildman–Crippen MR) is 79.4 cm³/mol. The van der Waals surface area contributed by atoms with Gasteiger partial charge in [-0.25, -0.2) is 4.21 Å². The third-order valence-corrected chi connectivity index (χ3v) is 4.32. The van der Waals surface area contributed by atoms with Gasteiger partial charge in [0.05, 0.1) is 0 Å². The third-order valence-electron chi connectivity index (χ3n) is 3.18. The van der Waals surface area contributed by atoms with Gasteiger partial charge in [-0.3, -0.25) is 0 Å². The van der Waals surface area contributed by atoms with Crippen LogP contribution in [0, 0.1) is 0 Å². The quantitative estimate of drug-likeness (QED) is 0.404. The summed E-state index contributed by atoms with van der Waals surface area (Å²) < 4.78 is 20.1. The van der Waals surface area contributed by atoms with E-state index in [1.165, 1.54) is 64.0 Å². The molecule has 2 nitrogen and oxygen atoms in total. The van der Waals surface area contributed by atoms with Gasteiger partial charge in [0, 0.05) is 12.0 Å². The Kier molecular flexibility index (Phi) is 11.3. The number of hydrogen-bond acceptors (Lipinski definition) is 1. The van der Waals surface area contributed by atoms with Crippen LogP contribution in [0.2, 0.25) is 0 Å². The molecule has 17 heavy (non-hydrogen) atoms. The van der Waals surface area contributed by atoms with Crippen molar-refractivity contribution in [3.05, 3.63) is 0 Å². The highest BCUT2D eigenvalue weighted by Gasteiger charge is 1.97. The zero-order valence-corrected chi connectivity index (χ0v) is 12.7. The van der Waals surface area contributed by atoms with Gasteiger partial charge in [0.1, 0.15) is 0 Å². The Hall–Kier alpha value is 0.110. The first kappa shape index (κ1) is 17.1. The van der Waals surface area contributed by atoms with Crippen molar-refractivity contribution in [2.75, 3.05) is 12.0 Å². The van der Waals surface area contributed by atoms with E-state index in [4.69, 9.17) is 4.55 Å². The van der Waals surface area contributed by atoms with E-state index >= 15 is 0 Å². The molecule has 0 aromatic heterocycles.